The molecule has 1 fully saturated rings. The van der Waals surface area contributed by atoms with Crippen LogP contribution >= 0.6 is 23.2 Å². The predicted octanol–water partition coefficient (Wildman–Crippen LogP) is 3.33. The summed E-state index contributed by atoms with van der Waals surface area (Å²) in [6.45, 7) is 2.01. The quantitative estimate of drug-likeness (QED) is 0.774. The van der Waals surface area contributed by atoms with E-state index in [9.17, 15) is 0 Å². The summed E-state index contributed by atoms with van der Waals surface area (Å²) in [5, 5.41) is 0.751. The lowest BCUT2D eigenvalue weighted by Crippen LogP contribution is -2.40. The van der Waals surface area contributed by atoms with E-state index < -0.39 is 0 Å². The first-order valence-electron chi connectivity index (χ1n) is 5.69. The molecular weight excluding hydrogens is 243 g/mol. The molecule has 0 aliphatic carbocycles. The van der Waals surface area contributed by atoms with E-state index in [2.05, 4.69) is 9.88 Å². The second kappa shape index (κ2) is 5.85. The molecule has 0 N–H and O–H groups in total. The first kappa shape index (κ1) is 12.2. The van der Waals surface area contributed by atoms with Crippen molar-refractivity contribution in [2.45, 2.75) is 31.8 Å². The van der Waals surface area contributed by atoms with Crippen LogP contribution in [0.4, 0.5) is 0 Å². The van der Waals surface area contributed by atoms with Gasteiger partial charge in [-0.25, -0.2) is 0 Å². The van der Waals surface area contributed by atoms with Gasteiger partial charge >= 0.3 is 0 Å². The monoisotopic (exact) mass is 258 g/mol. The molecule has 1 aromatic heterocycles. The normalized spacial score (nSPS) is 22.2. The van der Waals surface area contributed by atoms with Crippen LogP contribution < -0.4 is 0 Å². The molecule has 1 aliphatic rings. The van der Waals surface area contributed by atoms with Gasteiger partial charge in [0.1, 0.15) is 0 Å². The van der Waals surface area contributed by atoms with E-state index >= 15 is 0 Å². The van der Waals surface area contributed by atoms with Gasteiger partial charge in [0.15, 0.2) is 0 Å². The van der Waals surface area contributed by atoms with Gasteiger partial charge in [-0.15, -0.1) is 11.6 Å². The molecular formula is C12H16Cl2N2. The number of likely N-dealkylation sites (tertiary alicyclic amines) is 1. The summed E-state index contributed by atoms with van der Waals surface area (Å²) in [7, 11) is 0. The van der Waals surface area contributed by atoms with Gasteiger partial charge < -0.3 is 0 Å². The molecule has 88 valence electrons. The predicted molar refractivity (Wildman–Crippen MR) is 68.0 cm³/mol. The van der Waals surface area contributed by atoms with E-state index in [4.69, 9.17) is 23.2 Å². The van der Waals surface area contributed by atoms with Crippen molar-refractivity contribution in [3.63, 3.8) is 0 Å². The zero-order chi connectivity index (χ0) is 11.4. The standard InChI is InChI=1S/C12H16Cl2N2/c13-7-11-3-1-2-6-16(11)9-10-4-5-15-8-12(10)14/h4-5,8,11H,1-3,6-7,9H2. The Morgan fingerprint density at radius 2 is 2.31 bits per heavy atom. The third-order valence-corrected chi connectivity index (χ3v) is 3.85. The van der Waals surface area contributed by atoms with Crippen molar-refractivity contribution in [2.75, 3.05) is 12.4 Å². The molecule has 0 radical (unpaired) electrons. The molecule has 0 aromatic carbocycles. The Kier molecular flexibility index (Phi) is 4.45. The Labute approximate surface area is 107 Å². The fourth-order valence-electron chi connectivity index (χ4n) is 2.19. The second-order valence-corrected chi connectivity index (χ2v) is 4.96. The zero-order valence-corrected chi connectivity index (χ0v) is 10.7. The third-order valence-electron chi connectivity index (χ3n) is 3.16. The van der Waals surface area contributed by atoms with Crippen LogP contribution in [0.25, 0.3) is 0 Å². The Hall–Kier alpha value is -0.310. The van der Waals surface area contributed by atoms with Gasteiger partial charge in [0.05, 0.1) is 5.02 Å². The largest absolute Gasteiger partial charge is 0.295 e. The fraction of sp³-hybridized carbons (Fsp3) is 0.583. The SMILES string of the molecule is ClCC1CCCCN1Cc1ccncc1Cl. The zero-order valence-electron chi connectivity index (χ0n) is 9.20. The maximum absolute atomic E-state index is 6.11. The molecule has 2 nitrogen and oxygen atoms in total. The summed E-state index contributed by atoms with van der Waals surface area (Å²) in [6.07, 6.45) is 7.25. The smallest absolute Gasteiger partial charge is 0.0634 e. The molecule has 0 spiro atoms. The molecule has 1 atom stereocenters. The second-order valence-electron chi connectivity index (χ2n) is 4.24. The summed E-state index contributed by atoms with van der Waals surface area (Å²) < 4.78 is 0. The molecule has 1 saturated heterocycles. The van der Waals surface area contributed by atoms with Crippen molar-refractivity contribution in [1.29, 1.82) is 0 Å². The number of aromatic nitrogens is 1. The number of rotatable bonds is 3. The van der Waals surface area contributed by atoms with Gasteiger partial charge in [-0.05, 0) is 31.0 Å². The topological polar surface area (TPSA) is 16.1 Å². The van der Waals surface area contributed by atoms with Gasteiger partial charge in [0, 0.05) is 30.9 Å². The number of alkyl halides is 1. The number of halogens is 2. The molecule has 0 saturated carbocycles. The van der Waals surface area contributed by atoms with Crippen molar-refractivity contribution < 1.29 is 0 Å². The van der Waals surface area contributed by atoms with Gasteiger partial charge in [0.2, 0.25) is 0 Å². The van der Waals surface area contributed by atoms with Crippen molar-refractivity contribution in [3.8, 4) is 0 Å². The molecule has 16 heavy (non-hydrogen) atoms. The van der Waals surface area contributed by atoms with Crippen LogP contribution in [0.2, 0.25) is 5.02 Å². The first-order valence-corrected chi connectivity index (χ1v) is 6.61. The highest BCUT2D eigenvalue weighted by Crippen LogP contribution is 2.23. The maximum Gasteiger partial charge on any atom is 0.0634 e. The Balaban J connectivity index is 2.05. The summed E-state index contributed by atoms with van der Waals surface area (Å²) in [6, 6.07) is 2.49. The van der Waals surface area contributed by atoms with Crippen molar-refractivity contribution in [3.05, 3.63) is 29.0 Å². The van der Waals surface area contributed by atoms with E-state index in [1.54, 1.807) is 12.4 Å². The molecule has 1 aromatic rings. The number of hydrogen-bond acceptors (Lipinski definition) is 2. The molecule has 2 heterocycles. The highest BCUT2D eigenvalue weighted by atomic mass is 35.5. The number of piperidine rings is 1. The van der Waals surface area contributed by atoms with E-state index in [1.807, 2.05) is 6.07 Å². The number of nitrogens with zero attached hydrogens (tertiary/aromatic N) is 2. The maximum atomic E-state index is 6.11. The summed E-state index contributed by atoms with van der Waals surface area (Å²) >= 11 is 12.1. The highest BCUT2D eigenvalue weighted by Gasteiger charge is 2.21. The van der Waals surface area contributed by atoms with Crippen LogP contribution in [-0.4, -0.2) is 28.4 Å². The van der Waals surface area contributed by atoms with Crippen LogP contribution in [0.1, 0.15) is 24.8 Å². The van der Waals surface area contributed by atoms with Crippen LogP contribution in [0.3, 0.4) is 0 Å². The summed E-state index contributed by atoms with van der Waals surface area (Å²) in [5.41, 5.74) is 1.15. The minimum atomic E-state index is 0.500. The summed E-state index contributed by atoms with van der Waals surface area (Å²) in [5.74, 6) is 0.711. The van der Waals surface area contributed by atoms with Gasteiger partial charge in [0.25, 0.3) is 0 Å². The van der Waals surface area contributed by atoms with Crippen molar-refractivity contribution in [2.24, 2.45) is 0 Å². The molecule has 2 rings (SSSR count). The van der Waals surface area contributed by atoms with Gasteiger partial charge in [-0.1, -0.05) is 18.0 Å². The first-order chi connectivity index (χ1) is 7.81. The average molecular weight is 259 g/mol. The molecule has 1 unspecified atom stereocenters. The highest BCUT2D eigenvalue weighted by molar-refractivity contribution is 6.31. The van der Waals surface area contributed by atoms with Crippen LogP contribution in [0.5, 0.6) is 0 Å². The third kappa shape index (κ3) is 2.88. The van der Waals surface area contributed by atoms with Gasteiger partial charge in [-0.2, -0.15) is 0 Å². The van der Waals surface area contributed by atoms with E-state index in [-0.39, 0.29) is 0 Å². The molecule has 4 heteroatoms. The minimum absolute atomic E-state index is 0.500. The lowest BCUT2D eigenvalue weighted by Gasteiger charge is -2.34. The average Bonchev–Trinajstić information content (AvgIpc) is 2.33. The number of hydrogen-bond donors (Lipinski definition) is 0. The minimum Gasteiger partial charge on any atom is -0.295 e. The lowest BCUT2D eigenvalue weighted by atomic mass is 10.0. The Morgan fingerprint density at radius 1 is 1.44 bits per heavy atom. The molecule has 1 aliphatic heterocycles. The van der Waals surface area contributed by atoms with Crippen LogP contribution in [0.15, 0.2) is 18.5 Å². The molecule has 0 bridgehead atoms. The van der Waals surface area contributed by atoms with Crippen LogP contribution in [-0.2, 0) is 6.54 Å². The fourth-order valence-corrected chi connectivity index (χ4v) is 2.72. The van der Waals surface area contributed by atoms with Crippen LogP contribution in [0, 0.1) is 0 Å². The lowest BCUT2D eigenvalue weighted by molar-refractivity contribution is 0.155. The number of pyridine rings is 1. The van der Waals surface area contributed by atoms with Crippen molar-refractivity contribution in [1.82, 2.24) is 9.88 Å². The van der Waals surface area contributed by atoms with E-state index in [1.165, 1.54) is 19.3 Å². The Morgan fingerprint density at radius 3 is 3.06 bits per heavy atom. The van der Waals surface area contributed by atoms with Gasteiger partial charge in [-0.3, -0.25) is 9.88 Å². The molecule has 0 amide bonds. The Bertz CT molecular complexity index is 344. The van der Waals surface area contributed by atoms with E-state index in [0.717, 1.165) is 23.7 Å². The summed E-state index contributed by atoms with van der Waals surface area (Å²) in [4.78, 5) is 6.43. The van der Waals surface area contributed by atoms with Crippen molar-refractivity contribution >= 4 is 23.2 Å². The van der Waals surface area contributed by atoms with E-state index in [0.29, 0.717) is 11.9 Å².